The van der Waals surface area contributed by atoms with Gasteiger partial charge in [-0.05, 0) is 42.3 Å². The summed E-state index contributed by atoms with van der Waals surface area (Å²) >= 11 is 0. The second-order valence-corrected chi connectivity index (χ2v) is 9.16. The first-order valence-corrected chi connectivity index (χ1v) is 11.5. The van der Waals surface area contributed by atoms with Gasteiger partial charge in [0.2, 0.25) is 15.9 Å². The Hall–Kier alpha value is -2.71. The van der Waals surface area contributed by atoms with Crippen LogP contribution in [-0.4, -0.2) is 57.1 Å². The Bertz CT molecular complexity index is 955. The number of nitrogens with one attached hydrogen (secondary N) is 1. The SMILES string of the molecule is O=C(C=Cc1ccccc1)NCCCS(=O)(=O)N1CCN(c2ccc(F)cc2)CC1. The highest BCUT2D eigenvalue weighted by molar-refractivity contribution is 7.89. The zero-order chi connectivity index (χ0) is 21.4. The van der Waals surface area contributed by atoms with Gasteiger partial charge in [0.05, 0.1) is 5.75 Å². The number of hydrogen-bond donors (Lipinski definition) is 1. The van der Waals surface area contributed by atoms with E-state index >= 15 is 0 Å². The molecule has 0 bridgehead atoms. The van der Waals surface area contributed by atoms with Crippen LogP contribution in [0.3, 0.4) is 0 Å². The van der Waals surface area contributed by atoms with E-state index in [2.05, 4.69) is 5.32 Å². The molecule has 0 aliphatic carbocycles. The normalized spacial score (nSPS) is 15.4. The highest BCUT2D eigenvalue weighted by atomic mass is 32.2. The minimum atomic E-state index is -3.37. The van der Waals surface area contributed by atoms with E-state index in [0.717, 1.165) is 11.3 Å². The van der Waals surface area contributed by atoms with E-state index in [0.29, 0.717) is 39.1 Å². The zero-order valence-electron chi connectivity index (χ0n) is 16.7. The van der Waals surface area contributed by atoms with Gasteiger partial charge < -0.3 is 10.2 Å². The lowest BCUT2D eigenvalue weighted by Crippen LogP contribution is -2.49. The average molecular weight is 432 g/mol. The minimum Gasteiger partial charge on any atom is -0.369 e. The van der Waals surface area contributed by atoms with E-state index in [1.54, 1.807) is 18.2 Å². The number of sulfonamides is 1. The molecule has 0 spiro atoms. The van der Waals surface area contributed by atoms with Crippen LogP contribution in [0.15, 0.2) is 60.7 Å². The van der Waals surface area contributed by atoms with Crippen molar-refractivity contribution < 1.29 is 17.6 Å². The van der Waals surface area contributed by atoms with Crippen LogP contribution < -0.4 is 10.2 Å². The molecule has 0 aromatic heterocycles. The van der Waals surface area contributed by atoms with Crippen LogP contribution in [0.4, 0.5) is 10.1 Å². The molecule has 30 heavy (non-hydrogen) atoms. The van der Waals surface area contributed by atoms with Crippen molar-refractivity contribution in [1.82, 2.24) is 9.62 Å². The van der Waals surface area contributed by atoms with Crippen LogP contribution in [0.1, 0.15) is 12.0 Å². The molecule has 0 atom stereocenters. The van der Waals surface area contributed by atoms with Crippen molar-refractivity contribution in [3.05, 3.63) is 72.1 Å². The molecular weight excluding hydrogens is 405 g/mol. The molecule has 3 rings (SSSR count). The molecule has 2 aromatic rings. The monoisotopic (exact) mass is 431 g/mol. The molecule has 1 fully saturated rings. The smallest absolute Gasteiger partial charge is 0.243 e. The fourth-order valence-corrected chi connectivity index (χ4v) is 4.75. The number of carbonyl (C=O) groups is 1. The van der Waals surface area contributed by atoms with E-state index in [-0.39, 0.29) is 17.5 Å². The second kappa shape index (κ2) is 10.4. The summed E-state index contributed by atoms with van der Waals surface area (Å²) in [7, 11) is -3.37. The lowest BCUT2D eigenvalue weighted by Gasteiger charge is -2.35. The Balaban J connectivity index is 1.38. The Morgan fingerprint density at radius 2 is 1.67 bits per heavy atom. The molecule has 160 valence electrons. The number of nitrogens with zero attached hydrogens (tertiary/aromatic N) is 2. The van der Waals surface area contributed by atoms with Crippen LogP contribution in [0.5, 0.6) is 0 Å². The largest absolute Gasteiger partial charge is 0.369 e. The lowest BCUT2D eigenvalue weighted by molar-refractivity contribution is -0.116. The third-order valence-electron chi connectivity index (χ3n) is 4.93. The standard InChI is InChI=1S/C22H26FN3O3S/c23-20-8-10-21(11-9-20)25-14-16-26(17-15-25)30(28,29)18-4-13-24-22(27)12-7-19-5-2-1-3-6-19/h1-3,5-12H,4,13-18H2,(H,24,27). The Morgan fingerprint density at radius 1 is 1.00 bits per heavy atom. The van der Waals surface area contributed by atoms with E-state index in [4.69, 9.17) is 0 Å². The second-order valence-electron chi connectivity index (χ2n) is 7.07. The number of halogens is 1. The molecule has 1 aliphatic rings. The first kappa shape index (κ1) is 22.0. The number of amides is 1. The molecule has 1 amide bonds. The number of carbonyl (C=O) groups excluding carboxylic acids is 1. The molecule has 2 aromatic carbocycles. The van der Waals surface area contributed by atoms with Gasteiger partial charge in [-0.2, -0.15) is 4.31 Å². The molecule has 0 unspecified atom stereocenters. The molecule has 1 saturated heterocycles. The van der Waals surface area contributed by atoms with Gasteiger partial charge in [-0.3, -0.25) is 4.79 Å². The number of benzene rings is 2. The molecule has 0 saturated carbocycles. The van der Waals surface area contributed by atoms with Crippen molar-refractivity contribution in [2.75, 3.05) is 43.4 Å². The van der Waals surface area contributed by atoms with Crippen LogP contribution in [0.2, 0.25) is 0 Å². The molecule has 6 nitrogen and oxygen atoms in total. The summed E-state index contributed by atoms with van der Waals surface area (Å²) < 4.78 is 39.7. The first-order chi connectivity index (χ1) is 14.4. The average Bonchev–Trinajstić information content (AvgIpc) is 2.77. The van der Waals surface area contributed by atoms with Crippen molar-refractivity contribution in [3.63, 3.8) is 0 Å². The predicted molar refractivity (Wildman–Crippen MR) is 117 cm³/mol. The van der Waals surface area contributed by atoms with Crippen molar-refractivity contribution in [3.8, 4) is 0 Å². The van der Waals surface area contributed by atoms with Crippen LogP contribution >= 0.6 is 0 Å². The van der Waals surface area contributed by atoms with Gasteiger partial charge in [0.25, 0.3) is 0 Å². The molecule has 1 N–H and O–H groups in total. The number of rotatable bonds is 8. The summed E-state index contributed by atoms with van der Waals surface area (Å²) in [6, 6.07) is 15.7. The fraction of sp³-hybridized carbons (Fsp3) is 0.318. The Morgan fingerprint density at radius 3 is 2.33 bits per heavy atom. The third-order valence-corrected chi connectivity index (χ3v) is 6.89. The summed E-state index contributed by atoms with van der Waals surface area (Å²) in [6.45, 7) is 2.21. The predicted octanol–water partition coefficient (Wildman–Crippen LogP) is 2.50. The quantitative estimate of drug-likeness (QED) is 0.515. The molecule has 0 radical (unpaired) electrons. The van der Waals surface area contributed by atoms with Crippen LogP contribution in [0, 0.1) is 5.82 Å². The van der Waals surface area contributed by atoms with E-state index in [1.807, 2.05) is 35.2 Å². The number of hydrogen-bond acceptors (Lipinski definition) is 4. The van der Waals surface area contributed by atoms with Gasteiger partial charge in [0.1, 0.15) is 5.82 Å². The maximum absolute atomic E-state index is 13.1. The minimum absolute atomic E-state index is 0.00771. The van der Waals surface area contributed by atoms with Gasteiger partial charge in [0.15, 0.2) is 0 Å². The van der Waals surface area contributed by atoms with Crippen molar-refractivity contribution in [2.45, 2.75) is 6.42 Å². The first-order valence-electron chi connectivity index (χ1n) is 9.93. The summed E-state index contributed by atoms with van der Waals surface area (Å²) in [4.78, 5) is 13.9. The lowest BCUT2D eigenvalue weighted by atomic mass is 10.2. The van der Waals surface area contributed by atoms with Crippen LogP contribution in [-0.2, 0) is 14.8 Å². The Labute approximate surface area is 177 Å². The van der Waals surface area contributed by atoms with Gasteiger partial charge in [0, 0.05) is 44.5 Å². The topological polar surface area (TPSA) is 69.7 Å². The zero-order valence-corrected chi connectivity index (χ0v) is 17.5. The molecule has 1 aliphatic heterocycles. The third kappa shape index (κ3) is 6.40. The van der Waals surface area contributed by atoms with E-state index in [9.17, 15) is 17.6 Å². The summed E-state index contributed by atoms with van der Waals surface area (Å²) in [5.74, 6) is -0.543. The van der Waals surface area contributed by atoms with Gasteiger partial charge >= 0.3 is 0 Å². The summed E-state index contributed by atoms with van der Waals surface area (Å²) in [5.41, 5.74) is 1.81. The maximum atomic E-state index is 13.1. The van der Waals surface area contributed by atoms with Gasteiger partial charge in [-0.1, -0.05) is 30.3 Å². The molecule has 8 heteroatoms. The highest BCUT2D eigenvalue weighted by Gasteiger charge is 2.26. The summed E-state index contributed by atoms with van der Waals surface area (Å²) in [6.07, 6.45) is 3.51. The van der Waals surface area contributed by atoms with Crippen molar-refractivity contribution in [1.29, 1.82) is 0 Å². The Kier molecular flexibility index (Phi) is 7.59. The molecule has 1 heterocycles. The summed E-state index contributed by atoms with van der Waals surface area (Å²) in [5, 5.41) is 2.71. The number of piperazine rings is 1. The van der Waals surface area contributed by atoms with E-state index in [1.165, 1.54) is 22.5 Å². The van der Waals surface area contributed by atoms with Gasteiger partial charge in [-0.15, -0.1) is 0 Å². The number of anilines is 1. The van der Waals surface area contributed by atoms with Crippen molar-refractivity contribution >= 4 is 27.7 Å². The highest BCUT2D eigenvalue weighted by Crippen LogP contribution is 2.18. The molecular formula is C22H26FN3O3S. The van der Waals surface area contributed by atoms with Gasteiger partial charge in [-0.25, -0.2) is 12.8 Å². The maximum Gasteiger partial charge on any atom is 0.243 e. The fourth-order valence-electron chi connectivity index (χ4n) is 3.27. The van der Waals surface area contributed by atoms with Crippen molar-refractivity contribution in [2.24, 2.45) is 0 Å². The van der Waals surface area contributed by atoms with Crippen LogP contribution in [0.25, 0.3) is 6.08 Å². The van der Waals surface area contributed by atoms with E-state index < -0.39 is 10.0 Å².